The van der Waals surface area contributed by atoms with Crippen molar-refractivity contribution in [2.75, 3.05) is 5.32 Å². The van der Waals surface area contributed by atoms with Gasteiger partial charge in [-0.3, -0.25) is 14.2 Å². The predicted molar refractivity (Wildman–Crippen MR) is 155 cm³/mol. The average Bonchev–Trinajstić information content (AvgIpc) is 3.71. The third kappa shape index (κ3) is 4.45. The van der Waals surface area contributed by atoms with Gasteiger partial charge in [0, 0.05) is 41.1 Å². The van der Waals surface area contributed by atoms with Gasteiger partial charge >= 0.3 is 0 Å². The highest BCUT2D eigenvalue weighted by Crippen LogP contribution is 2.37. The lowest BCUT2D eigenvalue weighted by Gasteiger charge is -2.18. The van der Waals surface area contributed by atoms with Gasteiger partial charge in [-0.15, -0.1) is 11.7 Å². The van der Waals surface area contributed by atoms with Crippen LogP contribution in [0, 0.1) is 5.92 Å². The number of aromatic amines is 1. The summed E-state index contributed by atoms with van der Waals surface area (Å²) < 4.78 is 3.20. The van der Waals surface area contributed by atoms with Crippen molar-refractivity contribution in [2.45, 2.75) is 25.3 Å². The maximum absolute atomic E-state index is 13.7. The normalized spacial score (nSPS) is 17.7. The number of benzene rings is 2. The number of aryl methyl sites for hydroxylation is 1. The van der Waals surface area contributed by atoms with Gasteiger partial charge in [-0.2, -0.15) is 0 Å². The fourth-order valence-electron chi connectivity index (χ4n) is 5.63. The lowest BCUT2D eigenvalue weighted by molar-refractivity contribution is -0.116. The first kappa shape index (κ1) is 25.4. The minimum Gasteiger partial charge on any atom is -0.340 e. The molecule has 10 nitrogen and oxygen atoms in total. The molecule has 204 valence electrons. The number of fused-ring (bicyclic) bond motifs is 2. The number of anilines is 1. The van der Waals surface area contributed by atoms with E-state index in [1.807, 2.05) is 18.2 Å². The number of halogens is 2. The molecule has 5 heterocycles. The van der Waals surface area contributed by atoms with E-state index in [-0.39, 0.29) is 22.5 Å². The highest BCUT2D eigenvalue weighted by Gasteiger charge is 2.36. The molecule has 0 fully saturated rings. The predicted octanol–water partition coefficient (Wildman–Crippen LogP) is 5.02. The molecule has 0 saturated carbocycles. The van der Waals surface area contributed by atoms with Crippen LogP contribution < -0.4 is 10.9 Å². The number of imidazole rings is 1. The Hall–Kier alpha value is -4.54. The number of amides is 1. The number of H-pyrrole nitrogens is 1. The van der Waals surface area contributed by atoms with Gasteiger partial charge in [0.2, 0.25) is 5.91 Å². The molecule has 41 heavy (non-hydrogen) atoms. The molecule has 2 aromatic carbocycles. The van der Waals surface area contributed by atoms with Crippen molar-refractivity contribution in [1.82, 2.24) is 34.5 Å². The molecule has 0 unspecified atom stereocenters. The number of nitrogens with one attached hydrogen (secondary N) is 2. The molecule has 2 aliphatic heterocycles. The Morgan fingerprint density at radius 3 is 2.76 bits per heavy atom. The first-order valence-corrected chi connectivity index (χ1v) is 13.7. The van der Waals surface area contributed by atoms with E-state index in [4.69, 9.17) is 28.2 Å². The van der Waals surface area contributed by atoms with Crippen LogP contribution >= 0.6 is 23.2 Å². The lowest BCUT2D eigenvalue weighted by Crippen LogP contribution is -2.27. The van der Waals surface area contributed by atoms with Gasteiger partial charge in [0.15, 0.2) is 5.15 Å². The second-order valence-electron chi connectivity index (χ2n) is 10.1. The van der Waals surface area contributed by atoms with Gasteiger partial charge in [0.05, 0.1) is 29.5 Å². The molecule has 0 radical (unpaired) electrons. The van der Waals surface area contributed by atoms with Crippen LogP contribution in [-0.4, -0.2) is 40.4 Å². The molecule has 2 aliphatic rings. The van der Waals surface area contributed by atoms with E-state index in [9.17, 15) is 9.59 Å². The minimum absolute atomic E-state index is 0.0287. The molecule has 1 amide bonds. The van der Waals surface area contributed by atoms with Gasteiger partial charge in [-0.1, -0.05) is 40.6 Å². The Kier molecular flexibility index (Phi) is 6.09. The third-order valence-electron chi connectivity index (χ3n) is 7.56. The van der Waals surface area contributed by atoms with E-state index in [0.29, 0.717) is 52.9 Å². The largest absolute Gasteiger partial charge is 0.340 e. The Labute approximate surface area is 243 Å². The molecule has 7 rings (SSSR count). The van der Waals surface area contributed by atoms with Crippen molar-refractivity contribution < 1.29 is 4.79 Å². The fraction of sp³-hybridized carbons (Fsp3) is 0.172. The van der Waals surface area contributed by atoms with E-state index in [2.05, 4.69) is 38.2 Å². The summed E-state index contributed by atoms with van der Waals surface area (Å²) in [6.45, 7) is 4.03. The molecule has 0 saturated heterocycles. The van der Waals surface area contributed by atoms with E-state index in [0.717, 1.165) is 22.5 Å². The number of rotatable bonds is 5. The zero-order valence-electron chi connectivity index (χ0n) is 21.5. The second-order valence-corrected chi connectivity index (χ2v) is 10.9. The monoisotopic (exact) mass is 584 g/mol. The molecule has 0 aliphatic carbocycles. The molecule has 5 aromatic rings. The van der Waals surface area contributed by atoms with Crippen molar-refractivity contribution in [3.8, 4) is 28.2 Å². The topological polar surface area (TPSA) is 123 Å². The molecule has 2 atom stereocenters. The van der Waals surface area contributed by atoms with Crippen molar-refractivity contribution in [1.29, 1.82) is 0 Å². The van der Waals surface area contributed by atoms with Crippen LogP contribution in [0.25, 0.3) is 28.2 Å². The van der Waals surface area contributed by atoms with Crippen LogP contribution in [0.1, 0.15) is 29.7 Å². The summed E-state index contributed by atoms with van der Waals surface area (Å²) in [5, 5.41) is 11.6. The van der Waals surface area contributed by atoms with Gasteiger partial charge < -0.3 is 10.3 Å². The van der Waals surface area contributed by atoms with Gasteiger partial charge in [0.25, 0.3) is 5.56 Å². The van der Waals surface area contributed by atoms with Gasteiger partial charge in [0.1, 0.15) is 17.7 Å². The van der Waals surface area contributed by atoms with E-state index >= 15 is 0 Å². The molecule has 2 N–H and O–H groups in total. The first-order chi connectivity index (χ1) is 19.9. The number of hydrogen-bond acceptors (Lipinski definition) is 6. The molecule has 0 bridgehead atoms. The van der Waals surface area contributed by atoms with Crippen LogP contribution in [0.2, 0.25) is 10.2 Å². The number of carbonyl (C=O) groups excluding carboxylic acids is 1. The van der Waals surface area contributed by atoms with Crippen molar-refractivity contribution in [3.05, 3.63) is 105 Å². The van der Waals surface area contributed by atoms with E-state index in [1.165, 1.54) is 10.7 Å². The van der Waals surface area contributed by atoms with Gasteiger partial charge in [-0.05, 0) is 47.9 Å². The summed E-state index contributed by atoms with van der Waals surface area (Å²) >= 11 is 12.3. The highest BCUT2D eigenvalue weighted by atomic mass is 35.5. The summed E-state index contributed by atoms with van der Waals surface area (Å²) in [5.74, 6) is 1.19. The van der Waals surface area contributed by atoms with Crippen LogP contribution in [0.4, 0.5) is 5.69 Å². The van der Waals surface area contributed by atoms with Crippen molar-refractivity contribution in [3.63, 3.8) is 0 Å². The Bertz CT molecular complexity index is 1920. The number of aromatic nitrogens is 7. The summed E-state index contributed by atoms with van der Waals surface area (Å²) in [7, 11) is 0. The van der Waals surface area contributed by atoms with Crippen LogP contribution in [0.5, 0.6) is 0 Å². The van der Waals surface area contributed by atoms with Gasteiger partial charge in [-0.25, -0.2) is 14.6 Å². The van der Waals surface area contributed by atoms with Crippen LogP contribution in [0.15, 0.2) is 72.3 Å². The average molecular weight is 585 g/mol. The minimum atomic E-state index is -0.393. The SMILES string of the molecule is C=C[C@H]1Cc2nc(-c3cc(Cl)ccc3-n3cc(Cl)nn3)cc(=O)n2[C@@H]1c1ncc(-c2ccc3c(c2)CCC(=O)N3)[nH]1. The van der Waals surface area contributed by atoms with Crippen molar-refractivity contribution in [2.24, 2.45) is 5.92 Å². The summed E-state index contributed by atoms with van der Waals surface area (Å²) in [6.07, 6.45) is 6.84. The van der Waals surface area contributed by atoms with E-state index < -0.39 is 6.04 Å². The molecule has 0 spiro atoms. The summed E-state index contributed by atoms with van der Waals surface area (Å²) in [6, 6.07) is 12.3. The zero-order chi connectivity index (χ0) is 28.2. The molecule has 12 heteroatoms. The second kappa shape index (κ2) is 9.83. The van der Waals surface area contributed by atoms with Crippen LogP contribution in [-0.2, 0) is 17.6 Å². The zero-order valence-corrected chi connectivity index (χ0v) is 23.0. The molecular weight excluding hydrogens is 563 g/mol. The van der Waals surface area contributed by atoms with E-state index in [1.54, 1.807) is 35.2 Å². The maximum Gasteiger partial charge on any atom is 0.254 e. The summed E-state index contributed by atoms with van der Waals surface area (Å²) in [4.78, 5) is 38.4. The Morgan fingerprint density at radius 2 is 1.95 bits per heavy atom. The summed E-state index contributed by atoms with van der Waals surface area (Å²) in [5.41, 5.74) is 5.21. The first-order valence-electron chi connectivity index (χ1n) is 13.0. The lowest BCUT2D eigenvalue weighted by atomic mass is 9.99. The Morgan fingerprint density at radius 1 is 1.07 bits per heavy atom. The van der Waals surface area contributed by atoms with Crippen molar-refractivity contribution >= 4 is 34.8 Å². The third-order valence-corrected chi connectivity index (χ3v) is 7.97. The molecule has 3 aromatic heterocycles. The number of carbonyl (C=O) groups is 1. The number of hydrogen-bond donors (Lipinski definition) is 2. The molecular formula is C29H22Cl2N8O2. The van der Waals surface area contributed by atoms with Crippen LogP contribution in [0.3, 0.4) is 0 Å². The maximum atomic E-state index is 13.7. The smallest absolute Gasteiger partial charge is 0.254 e. The number of allylic oxidation sites excluding steroid dienone is 1. The number of nitrogens with zero attached hydrogens (tertiary/aromatic N) is 6. The standard InChI is InChI=1S/C29H22Cl2N8O2/c1-2-15-10-25-33-21(19-11-18(30)5-7-23(19)38-14-24(31)36-37-38)12-27(41)39(25)28(15)29-32-13-22(35-29)17-3-6-20-16(9-17)4-8-26(40)34-20/h2-3,5-7,9,11-15,28H,1,4,8,10H2,(H,32,35)(H,34,40)/t15-,28-/m0/s1. The quantitative estimate of drug-likeness (QED) is 0.279. The Balaban J connectivity index is 1.27. The highest BCUT2D eigenvalue weighted by molar-refractivity contribution is 6.31. The fourth-order valence-corrected chi connectivity index (χ4v) is 5.93.